The van der Waals surface area contributed by atoms with Crippen LogP contribution in [0.15, 0.2) is 12.2 Å². The molecule has 5 heteroatoms. The van der Waals surface area contributed by atoms with Crippen LogP contribution < -0.4 is 0 Å². The second-order valence-electron chi connectivity index (χ2n) is 8.36. The molecule has 29 heavy (non-hydrogen) atoms. The Labute approximate surface area is 178 Å². The maximum absolute atomic E-state index is 10.6. The molecule has 0 saturated carbocycles. The molecule has 170 valence electrons. The lowest BCUT2D eigenvalue weighted by molar-refractivity contribution is -0.602. The number of carbonyl (C=O) groups excluding carboxylic acids is 1. The van der Waals surface area contributed by atoms with Gasteiger partial charge in [-0.05, 0) is 32.1 Å². The third-order valence-corrected chi connectivity index (χ3v) is 5.56. The summed E-state index contributed by atoms with van der Waals surface area (Å²) in [5.41, 5.74) is -2.39. The van der Waals surface area contributed by atoms with E-state index in [1.165, 1.54) is 89.9 Å². The first-order chi connectivity index (χ1) is 14.1. The van der Waals surface area contributed by atoms with Crippen molar-refractivity contribution in [2.75, 3.05) is 0 Å². The zero-order valence-electron chi connectivity index (χ0n) is 18.8. The van der Waals surface area contributed by atoms with E-state index in [9.17, 15) is 20.0 Å². The molecule has 0 aromatic rings. The summed E-state index contributed by atoms with van der Waals surface area (Å²) in [4.78, 5) is 20.3. The smallest absolute Gasteiger partial charge is 0.325 e. The molecular weight excluding hydrogens is 366 g/mol. The van der Waals surface area contributed by atoms with E-state index in [2.05, 4.69) is 19.1 Å². The first kappa shape index (κ1) is 27.8. The van der Waals surface area contributed by atoms with E-state index in [0.717, 1.165) is 19.3 Å². The van der Waals surface area contributed by atoms with Gasteiger partial charge in [0.1, 0.15) is 0 Å². The standard InChI is InChI=1S/C24H45NO4/c1-2-3-4-5-6-7-8-9-10-11-12-13-14-15-16-17-18-19-20-21-22-24(27,23-26)25(28)29/h9-10,23,27H,2-8,11-22H2,1H3. The molecule has 1 unspecified atom stereocenters. The van der Waals surface area contributed by atoms with Gasteiger partial charge >= 0.3 is 5.72 Å². The molecule has 0 aromatic carbocycles. The Balaban J connectivity index is 3.27. The van der Waals surface area contributed by atoms with E-state index in [0.29, 0.717) is 6.42 Å². The molecule has 0 saturated heterocycles. The fraction of sp³-hybridized carbons (Fsp3) is 0.875. The third-order valence-electron chi connectivity index (χ3n) is 5.56. The van der Waals surface area contributed by atoms with Gasteiger partial charge in [0.2, 0.25) is 6.29 Å². The van der Waals surface area contributed by atoms with E-state index in [1.807, 2.05) is 0 Å². The summed E-state index contributed by atoms with van der Waals surface area (Å²) in [7, 11) is 0. The summed E-state index contributed by atoms with van der Waals surface area (Å²) in [5, 5.41) is 20.1. The highest BCUT2D eigenvalue weighted by molar-refractivity contribution is 5.58. The number of allylic oxidation sites excluding steroid dienone is 2. The number of nitrogens with zero attached hydrogens (tertiary/aromatic N) is 1. The number of aliphatic hydroxyl groups is 1. The highest BCUT2D eigenvalue weighted by Crippen LogP contribution is 2.16. The van der Waals surface area contributed by atoms with Crippen LogP contribution in [0.5, 0.6) is 0 Å². The van der Waals surface area contributed by atoms with Crippen molar-refractivity contribution in [1.29, 1.82) is 0 Å². The molecule has 0 aliphatic rings. The molecule has 0 bridgehead atoms. The largest absolute Gasteiger partial charge is 0.378 e. The van der Waals surface area contributed by atoms with Gasteiger partial charge < -0.3 is 5.11 Å². The van der Waals surface area contributed by atoms with E-state index in [4.69, 9.17) is 0 Å². The number of rotatable bonds is 22. The van der Waals surface area contributed by atoms with Gasteiger partial charge in [-0.25, -0.2) is 0 Å². The average Bonchev–Trinajstić information content (AvgIpc) is 2.72. The van der Waals surface area contributed by atoms with Crippen molar-refractivity contribution >= 4 is 6.29 Å². The van der Waals surface area contributed by atoms with Gasteiger partial charge in [-0.15, -0.1) is 0 Å². The minimum absolute atomic E-state index is 0.0401. The minimum Gasteiger partial charge on any atom is -0.325 e. The summed E-state index contributed by atoms with van der Waals surface area (Å²) >= 11 is 0. The number of carbonyl (C=O) groups is 1. The lowest BCUT2D eigenvalue weighted by Crippen LogP contribution is -2.39. The molecule has 0 spiro atoms. The molecule has 5 nitrogen and oxygen atoms in total. The molecule has 0 fully saturated rings. The van der Waals surface area contributed by atoms with Gasteiger partial charge in [0.05, 0.1) is 11.3 Å². The zero-order chi connectivity index (χ0) is 21.6. The van der Waals surface area contributed by atoms with Gasteiger partial charge in [-0.1, -0.05) is 103 Å². The van der Waals surface area contributed by atoms with Crippen molar-refractivity contribution in [1.82, 2.24) is 0 Å². The van der Waals surface area contributed by atoms with Gasteiger partial charge in [-0.2, -0.15) is 0 Å². The molecule has 1 atom stereocenters. The summed E-state index contributed by atoms with van der Waals surface area (Å²) in [6, 6.07) is 0. The van der Waals surface area contributed by atoms with Crippen molar-refractivity contribution in [3.05, 3.63) is 22.3 Å². The summed E-state index contributed by atoms with van der Waals surface area (Å²) in [6.07, 6.45) is 26.5. The fourth-order valence-corrected chi connectivity index (χ4v) is 3.53. The second kappa shape index (κ2) is 20.1. The van der Waals surface area contributed by atoms with Crippen molar-refractivity contribution in [2.24, 2.45) is 0 Å². The molecule has 0 aromatic heterocycles. The Morgan fingerprint density at radius 2 is 1.10 bits per heavy atom. The predicted octanol–water partition coefficient (Wildman–Crippen LogP) is 7.14. The SMILES string of the molecule is CCCCCCCCC=CCCCCCCCCCCCCC(O)(C=O)[N+](=O)[O-]. The van der Waals surface area contributed by atoms with Crippen LogP contribution in [-0.2, 0) is 4.79 Å². The molecule has 0 heterocycles. The van der Waals surface area contributed by atoms with Crippen LogP contribution in [0.2, 0.25) is 0 Å². The van der Waals surface area contributed by atoms with Crippen molar-refractivity contribution in [3.63, 3.8) is 0 Å². The van der Waals surface area contributed by atoms with E-state index >= 15 is 0 Å². The van der Waals surface area contributed by atoms with Gasteiger partial charge in [0.15, 0.2) is 0 Å². The second-order valence-corrected chi connectivity index (χ2v) is 8.36. The molecular formula is C24H45NO4. The Bertz CT molecular complexity index is 425. The molecule has 0 aliphatic heterocycles. The topological polar surface area (TPSA) is 80.4 Å². The Hall–Kier alpha value is -1.23. The maximum Gasteiger partial charge on any atom is 0.378 e. The van der Waals surface area contributed by atoms with Gasteiger partial charge in [0, 0.05) is 0 Å². The Kier molecular flexibility index (Phi) is 19.2. The van der Waals surface area contributed by atoms with E-state index < -0.39 is 10.6 Å². The Morgan fingerprint density at radius 3 is 1.48 bits per heavy atom. The number of hydrogen-bond donors (Lipinski definition) is 1. The van der Waals surface area contributed by atoms with Crippen molar-refractivity contribution in [3.8, 4) is 0 Å². The van der Waals surface area contributed by atoms with Crippen LogP contribution in [-0.4, -0.2) is 22.0 Å². The first-order valence-corrected chi connectivity index (χ1v) is 12.0. The van der Waals surface area contributed by atoms with Crippen LogP contribution in [0.25, 0.3) is 0 Å². The lowest BCUT2D eigenvalue weighted by atomic mass is 10.0. The van der Waals surface area contributed by atoms with E-state index in [-0.39, 0.29) is 12.7 Å². The molecule has 1 N–H and O–H groups in total. The molecule has 0 radical (unpaired) electrons. The van der Waals surface area contributed by atoms with Gasteiger partial charge in [-0.3, -0.25) is 14.9 Å². The predicted molar refractivity (Wildman–Crippen MR) is 121 cm³/mol. The van der Waals surface area contributed by atoms with Gasteiger partial charge in [0.25, 0.3) is 0 Å². The van der Waals surface area contributed by atoms with Crippen molar-refractivity contribution in [2.45, 2.75) is 135 Å². The number of hydrogen-bond acceptors (Lipinski definition) is 4. The highest BCUT2D eigenvalue weighted by atomic mass is 16.7. The third kappa shape index (κ3) is 17.3. The van der Waals surface area contributed by atoms with Crippen LogP contribution in [0, 0.1) is 10.1 Å². The molecule has 0 aliphatic carbocycles. The quantitative estimate of drug-likeness (QED) is 0.0512. The fourth-order valence-electron chi connectivity index (χ4n) is 3.53. The molecule has 0 amide bonds. The highest BCUT2D eigenvalue weighted by Gasteiger charge is 2.39. The van der Waals surface area contributed by atoms with Crippen LogP contribution >= 0.6 is 0 Å². The number of aldehydes is 1. The summed E-state index contributed by atoms with van der Waals surface area (Å²) in [5.74, 6) is 0. The van der Waals surface area contributed by atoms with Crippen LogP contribution in [0.4, 0.5) is 0 Å². The molecule has 0 rings (SSSR count). The lowest BCUT2D eigenvalue weighted by Gasteiger charge is -2.11. The maximum atomic E-state index is 10.6. The van der Waals surface area contributed by atoms with E-state index in [1.54, 1.807) is 0 Å². The van der Waals surface area contributed by atoms with Crippen molar-refractivity contribution < 1.29 is 14.8 Å². The minimum atomic E-state index is -2.39. The summed E-state index contributed by atoms with van der Waals surface area (Å²) in [6.45, 7) is 2.26. The van der Waals surface area contributed by atoms with Crippen LogP contribution in [0.1, 0.15) is 129 Å². The summed E-state index contributed by atoms with van der Waals surface area (Å²) < 4.78 is 0. The zero-order valence-corrected chi connectivity index (χ0v) is 18.8. The number of nitro groups is 1. The number of unbranched alkanes of at least 4 members (excludes halogenated alkanes) is 16. The van der Waals surface area contributed by atoms with Crippen LogP contribution in [0.3, 0.4) is 0 Å². The normalized spacial score (nSPS) is 13.6. The first-order valence-electron chi connectivity index (χ1n) is 12.0. The monoisotopic (exact) mass is 411 g/mol. The average molecular weight is 412 g/mol. The Morgan fingerprint density at radius 1 is 0.724 bits per heavy atom.